The Labute approximate surface area is 141 Å². The third-order valence-electron chi connectivity index (χ3n) is 4.49. The fourth-order valence-corrected chi connectivity index (χ4v) is 4.05. The van der Waals surface area contributed by atoms with Gasteiger partial charge in [-0.05, 0) is 59.6 Å². The fourth-order valence-electron chi connectivity index (χ4n) is 3.25. The van der Waals surface area contributed by atoms with Crippen LogP contribution in [0.15, 0.2) is 4.99 Å². The van der Waals surface area contributed by atoms with Crippen molar-refractivity contribution in [1.82, 2.24) is 15.5 Å². The molecule has 0 bridgehead atoms. The van der Waals surface area contributed by atoms with Gasteiger partial charge in [0.05, 0.1) is 0 Å². The van der Waals surface area contributed by atoms with Crippen LogP contribution in [0.5, 0.6) is 0 Å². The molecule has 0 aromatic heterocycles. The standard InChI is InChI=1S/C17H36N4S/c1-13(2)21(14(3)4)11-7-10-19-17(18-5)20-15-8-9-16(12-15)22-6/h13-16H,7-12H2,1-6H3,(H2,18,19,20). The summed E-state index contributed by atoms with van der Waals surface area (Å²) in [6.07, 6.45) is 7.22. The van der Waals surface area contributed by atoms with Crippen molar-refractivity contribution in [2.75, 3.05) is 26.4 Å². The molecule has 2 atom stereocenters. The highest BCUT2D eigenvalue weighted by molar-refractivity contribution is 7.99. The van der Waals surface area contributed by atoms with Crippen LogP contribution < -0.4 is 10.6 Å². The molecule has 4 nitrogen and oxygen atoms in total. The first-order valence-electron chi connectivity index (χ1n) is 8.73. The van der Waals surface area contributed by atoms with Crippen LogP contribution in [0.25, 0.3) is 0 Å². The molecule has 1 aliphatic rings. The smallest absolute Gasteiger partial charge is 0.191 e. The van der Waals surface area contributed by atoms with E-state index in [-0.39, 0.29) is 0 Å². The lowest BCUT2D eigenvalue weighted by Crippen LogP contribution is -2.44. The largest absolute Gasteiger partial charge is 0.356 e. The maximum Gasteiger partial charge on any atom is 0.191 e. The second-order valence-corrected chi connectivity index (χ2v) is 7.93. The van der Waals surface area contributed by atoms with Crippen molar-refractivity contribution in [2.24, 2.45) is 4.99 Å². The number of hydrogen-bond acceptors (Lipinski definition) is 3. The van der Waals surface area contributed by atoms with Gasteiger partial charge in [-0.1, -0.05) is 0 Å². The Morgan fingerprint density at radius 1 is 1.23 bits per heavy atom. The predicted molar refractivity (Wildman–Crippen MR) is 101 cm³/mol. The summed E-state index contributed by atoms with van der Waals surface area (Å²) in [5.74, 6) is 0.965. The van der Waals surface area contributed by atoms with Gasteiger partial charge in [0.15, 0.2) is 5.96 Å². The van der Waals surface area contributed by atoms with Gasteiger partial charge in [0.25, 0.3) is 0 Å². The maximum atomic E-state index is 4.36. The Hall–Kier alpha value is -0.420. The van der Waals surface area contributed by atoms with Gasteiger partial charge in [0, 0.05) is 43.5 Å². The first-order valence-corrected chi connectivity index (χ1v) is 10.0. The van der Waals surface area contributed by atoms with Crippen molar-refractivity contribution >= 4 is 17.7 Å². The molecule has 22 heavy (non-hydrogen) atoms. The minimum absolute atomic E-state index is 0.589. The highest BCUT2D eigenvalue weighted by Gasteiger charge is 2.24. The maximum absolute atomic E-state index is 4.36. The fraction of sp³-hybridized carbons (Fsp3) is 0.941. The molecule has 1 fully saturated rings. The van der Waals surface area contributed by atoms with Gasteiger partial charge >= 0.3 is 0 Å². The Morgan fingerprint density at radius 3 is 2.41 bits per heavy atom. The molecule has 2 N–H and O–H groups in total. The molecule has 0 amide bonds. The molecule has 0 radical (unpaired) electrons. The van der Waals surface area contributed by atoms with Gasteiger partial charge in [-0.2, -0.15) is 11.8 Å². The van der Waals surface area contributed by atoms with Crippen LogP contribution in [0, 0.1) is 0 Å². The van der Waals surface area contributed by atoms with Crippen LogP contribution in [0.3, 0.4) is 0 Å². The number of nitrogens with zero attached hydrogens (tertiary/aromatic N) is 2. The normalized spacial score (nSPS) is 22.9. The van der Waals surface area contributed by atoms with Gasteiger partial charge in [-0.3, -0.25) is 9.89 Å². The van der Waals surface area contributed by atoms with Crippen LogP contribution in [0.2, 0.25) is 0 Å². The van der Waals surface area contributed by atoms with Gasteiger partial charge in [-0.15, -0.1) is 0 Å². The monoisotopic (exact) mass is 328 g/mol. The van der Waals surface area contributed by atoms with E-state index >= 15 is 0 Å². The van der Waals surface area contributed by atoms with Crippen molar-refractivity contribution in [3.05, 3.63) is 0 Å². The van der Waals surface area contributed by atoms with Crippen LogP contribution >= 0.6 is 11.8 Å². The predicted octanol–water partition coefficient (Wildman–Crippen LogP) is 2.94. The van der Waals surface area contributed by atoms with E-state index in [0.717, 1.165) is 30.7 Å². The number of nitrogens with one attached hydrogen (secondary N) is 2. The van der Waals surface area contributed by atoms with E-state index in [1.54, 1.807) is 0 Å². The Morgan fingerprint density at radius 2 is 1.91 bits per heavy atom. The lowest BCUT2D eigenvalue weighted by atomic mass is 10.2. The van der Waals surface area contributed by atoms with E-state index in [4.69, 9.17) is 0 Å². The number of aliphatic imine (C=N–C) groups is 1. The summed E-state index contributed by atoms with van der Waals surface area (Å²) in [5.41, 5.74) is 0. The van der Waals surface area contributed by atoms with Gasteiger partial charge in [0.2, 0.25) is 0 Å². The molecule has 2 unspecified atom stereocenters. The molecule has 1 aliphatic carbocycles. The minimum atomic E-state index is 0.589. The van der Waals surface area contributed by atoms with Crippen molar-refractivity contribution < 1.29 is 0 Å². The first-order chi connectivity index (χ1) is 10.5. The van der Waals surface area contributed by atoms with Crippen LogP contribution in [0.4, 0.5) is 0 Å². The number of rotatable bonds is 8. The molecular weight excluding hydrogens is 292 g/mol. The zero-order valence-corrected chi connectivity index (χ0v) is 16.2. The summed E-state index contributed by atoms with van der Waals surface area (Å²) in [4.78, 5) is 6.90. The Kier molecular flexibility index (Phi) is 9.25. The first kappa shape index (κ1) is 19.6. The summed E-state index contributed by atoms with van der Waals surface area (Å²) in [6.45, 7) is 11.2. The molecule has 1 saturated carbocycles. The highest BCUT2D eigenvalue weighted by Crippen LogP contribution is 2.27. The number of guanidine groups is 1. The number of hydrogen-bond donors (Lipinski definition) is 2. The molecular formula is C17H36N4S. The van der Waals surface area contributed by atoms with Crippen molar-refractivity contribution in [2.45, 2.75) is 76.8 Å². The quantitative estimate of drug-likeness (QED) is 0.408. The van der Waals surface area contributed by atoms with Crippen LogP contribution in [-0.2, 0) is 0 Å². The molecule has 0 aromatic rings. The molecule has 0 aromatic carbocycles. The zero-order chi connectivity index (χ0) is 16.5. The summed E-state index contributed by atoms with van der Waals surface area (Å²) in [7, 11) is 1.87. The van der Waals surface area contributed by atoms with E-state index in [1.807, 2.05) is 18.8 Å². The average molecular weight is 329 g/mol. The highest BCUT2D eigenvalue weighted by atomic mass is 32.2. The Balaban J connectivity index is 2.24. The zero-order valence-electron chi connectivity index (χ0n) is 15.4. The minimum Gasteiger partial charge on any atom is -0.356 e. The van der Waals surface area contributed by atoms with Crippen LogP contribution in [-0.4, -0.2) is 60.6 Å². The second kappa shape index (κ2) is 10.4. The summed E-state index contributed by atoms with van der Waals surface area (Å²) >= 11 is 2.00. The molecule has 5 heteroatoms. The van der Waals surface area contributed by atoms with Gasteiger partial charge < -0.3 is 10.6 Å². The van der Waals surface area contributed by atoms with Gasteiger partial charge in [0.1, 0.15) is 0 Å². The summed E-state index contributed by atoms with van der Waals surface area (Å²) < 4.78 is 0. The average Bonchev–Trinajstić information content (AvgIpc) is 2.92. The summed E-state index contributed by atoms with van der Waals surface area (Å²) in [5, 5.41) is 7.86. The van der Waals surface area contributed by atoms with E-state index in [0.29, 0.717) is 18.1 Å². The van der Waals surface area contributed by atoms with E-state index in [9.17, 15) is 0 Å². The second-order valence-electron chi connectivity index (χ2n) is 6.79. The topological polar surface area (TPSA) is 39.7 Å². The Bertz CT molecular complexity index is 323. The third-order valence-corrected chi connectivity index (χ3v) is 5.59. The lowest BCUT2D eigenvalue weighted by molar-refractivity contribution is 0.173. The molecule has 0 spiro atoms. The van der Waals surface area contributed by atoms with Crippen molar-refractivity contribution in [3.8, 4) is 0 Å². The summed E-state index contributed by atoms with van der Waals surface area (Å²) in [6, 6.07) is 1.81. The van der Waals surface area contributed by atoms with Crippen molar-refractivity contribution in [3.63, 3.8) is 0 Å². The molecule has 130 valence electrons. The SMILES string of the molecule is CN=C(NCCCN(C(C)C)C(C)C)NC1CCC(SC)C1. The van der Waals surface area contributed by atoms with Crippen LogP contribution in [0.1, 0.15) is 53.4 Å². The lowest BCUT2D eigenvalue weighted by Gasteiger charge is -2.30. The molecule has 0 heterocycles. The number of thioether (sulfide) groups is 1. The molecule has 0 aliphatic heterocycles. The van der Waals surface area contributed by atoms with Crippen molar-refractivity contribution in [1.29, 1.82) is 0 Å². The van der Waals surface area contributed by atoms with Gasteiger partial charge in [-0.25, -0.2) is 0 Å². The third kappa shape index (κ3) is 6.78. The molecule has 0 saturated heterocycles. The molecule has 1 rings (SSSR count). The van der Waals surface area contributed by atoms with E-state index in [1.165, 1.54) is 19.3 Å². The van der Waals surface area contributed by atoms with E-state index in [2.05, 4.69) is 54.5 Å². The van der Waals surface area contributed by atoms with E-state index < -0.39 is 0 Å².